The molecule has 1 fully saturated rings. The van der Waals surface area contributed by atoms with Crippen molar-refractivity contribution in [3.05, 3.63) is 28.0 Å². The summed E-state index contributed by atoms with van der Waals surface area (Å²) in [6.45, 7) is 8.72. The number of nitrogens with zero attached hydrogens (tertiary/aromatic N) is 1. The fourth-order valence-electron chi connectivity index (χ4n) is 2.17. The highest BCUT2D eigenvalue weighted by Gasteiger charge is 2.52. The molecule has 0 spiro atoms. The molecule has 110 valence electrons. The third kappa shape index (κ3) is 2.82. The van der Waals surface area contributed by atoms with Crippen molar-refractivity contribution in [2.45, 2.75) is 45.4 Å². The molecule has 2 heterocycles. The van der Waals surface area contributed by atoms with Crippen LogP contribution in [0.3, 0.4) is 0 Å². The first kappa shape index (κ1) is 15.3. The van der Waals surface area contributed by atoms with Gasteiger partial charge in [-0.25, -0.2) is 0 Å². The minimum absolute atomic E-state index is 0.141. The van der Waals surface area contributed by atoms with Crippen molar-refractivity contribution in [2.75, 3.05) is 14.1 Å². The summed E-state index contributed by atoms with van der Waals surface area (Å²) in [4.78, 5) is 16.5. The van der Waals surface area contributed by atoms with Gasteiger partial charge in [0, 0.05) is 12.6 Å². The number of rotatable bonds is 3. The summed E-state index contributed by atoms with van der Waals surface area (Å²) in [5.41, 5.74) is 0.745. The van der Waals surface area contributed by atoms with E-state index in [2.05, 4.69) is 4.98 Å². The first-order valence-corrected chi connectivity index (χ1v) is 6.85. The monoisotopic (exact) mass is 278 g/mol. The summed E-state index contributed by atoms with van der Waals surface area (Å²) in [5, 5.41) is 0. The molecule has 6 heteroatoms. The number of nitrogens with one attached hydrogen (secondary N) is 1. The molecule has 5 nitrogen and oxygen atoms in total. The molecule has 0 bridgehead atoms. The Balaban J connectivity index is 2.38. The van der Waals surface area contributed by atoms with E-state index >= 15 is 0 Å². The number of aromatic nitrogens is 1. The van der Waals surface area contributed by atoms with Gasteiger partial charge in [-0.05, 0) is 47.4 Å². The number of H-pyrrole nitrogens is 1. The van der Waals surface area contributed by atoms with Gasteiger partial charge in [-0.15, -0.1) is 0 Å². The van der Waals surface area contributed by atoms with E-state index in [1.54, 1.807) is 0 Å². The minimum Gasteiger partial charge on any atom is -0.398 e. The quantitative estimate of drug-likeness (QED) is 0.828. The maximum absolute atomic E-state index is 11.6. The molecule has 0 radical (unpaired) electrons. The van der Waals surface area contributed by atoms with E-state index in [1.165, 1.54) is 6.07 Å². The van der Waals surface area contributed by atoms with Crippen LogP contribution in [0.5, 0.6) is 0 Å². The van der Waals surface area contributed by atoms with Gasteiger partial charge in [0.05, 0.1) is 16.8 Å². The van der Waals surface area contributed by atoms with Gasteiger partial charge in [-0.2, -0.15) is 0 Å². The predicted molar refractivity (Wildman–Crippen MR) is 80.2 cm³/mol. The van der Waals surface area contributed by atoms with Crippen LogP contribution in [-0.4, -0.2) is 42.3 Å². The Morgan fingerprint density at radius 2 is 1.70 bits per heavy atom. The molecule has 0 aromatic carbocycles. The highest BCUT2D eigenvalue weighted by Crippen LogP contribution is 2.36. The van der Waals surface area contributed by atoms with E-state index in [-0.39, 0.29) is 5.56 Å². The molecule has 1 aliphatic rings. The van der Waals surface area contributed by atoms with Gasteiger partial charge < -0.3 is 19.2 Å². The van der Waals surface area contributed by atoms with Gasteiger partial charge in [0.1, 0.15) is 0 Å². The molecule has 0 aliphatic carbocycles. The molecule has 0 unspecified atom stereocenters. The van der Waals surface area contributed by atoms with Gasteiger partial charge in [0.25, 0.3) is 0 Å². The molecule has 2 rings (SSSR count). The van der Waals surface area contributed by atoms with E-state index in [9.17, 15) is 4.79 Å². The average Bonchev–Trinajstić information content (AvgIpc) is 2.50. The highest BCUT2D eigenvalue weighted by molar-refractivity contribution is 6.61. The van der Waals surface area contributed by atoms with Gasteiger partial charge in [0.15, 0.2) is 0 Å². The SMILES string of the molecule is CN(C)Cc1ccc(=O)[nH]c1B1OC(C)(C)C(C)(C)O1. The second kappa shape index (κ2) is 5.02. The fraction of sp³-hybridized carbons (Fsp3) is 0.643. The zero-order chi connectivity index (χ0) is 15.1. The van der Waals surface area contributed by atoms with Crippen molar-refractivity contribution >= 4 is 12.7 Å². The van der Waals surface area contributed by atoms with E-state index < -0.39 is 18.3 Å². The van der Waals surface area contributed by atoms with Crippen LogP contribution < -0.4 is 11.2 Å². The first-order valence-electron chi connectivity index (χ1n) is 6.85. The Kier molecular flexibility index (Phi) is 3.84. The molecule has 0 amide bonds. The molecule has 0 atom stereocenters. The largest absolute Gasteiger partial charge is 0.512 e. The Hall–Kier alpha value is -1.11. The second-order valence-electron chi connectivity index (χ2n) is 6.59. The molecule has 1 aliphatic heterocycles. The predicted octanol–water partition coefficient (Wildman–Crippen LogP) is 0.736. The van der Waals surface area contributed by atoms with Gasteiger partial charge >= 0.3 is 7.12 Å². The Bertz CT molecular complexity index is 536. The van der Waals surface area contributed by atoms with Crippen LogP contribution >= 0.6 is 0 Å². The summed E-state index contributed by atoms with van der Waals surface area (Å²) in [5.74, 6) is 0. The zero-order valence-electron chi connectivity index (χ0n) is 13.1. The topological polar surface area (TPSA) is 54.6 Å². The maximum Gasteiger partial charge on any atom is 0.512 e. The van der Waals surface area contributed by atoms with Gasteiger partial charge in [0.2, 0.25) is 5.56 Å². The molecule has 1 aromatic heterocycles. The smallest absolute Gasteiger partial charge is 0.398 e. The summed E-state index contributed by atoms with van der Waals surface area (Å²) in [6, 6.07) is 3.37. The van der Waals surface area contributed by atoms with E-state index in [0.717, 1.165) is 12.1 Å². The van der Waals surface area contributed by atoms with Crippen LogP contribution in [0.4, 0.5) is 0 Å². The van der Waals surface area contributed by atoms with Crippen molar-refractivity contribution in [1.82, 2.24) is 9.88 Å². The minimum atomic E-state index is -0.538. The van der Waals surface area contributed by atoms with Crippen molar-refractivity contribution in [3.8, 4) is 0 Å². The maximum atomic E-state index is 11.6. The lowest BCUT2D eigenvalue weighted by Crippen LogP contribution is -2.42. The summed E-state index contributed by atoms with van der Waals surface area (Å²) >= 11 is 0. The van der Waals surface area contributed by atoms with E-state index in [4.69, 9.17) is 9.31 Å². The third-order valence-corrected chi connectivity index (χ3v) is 4.02. The number of aromatic amines is 1. The van der Waals surface area contributed by atoms with Crippen LogP contribution in [0.1, 0.15) is 33.3 Å². The standard InChI is InChI=1S/C14H23BN2O3/c1-13(2)14(3,4)20-15(19-13)12-10(9-17(5)6)7-8-11(18)16-12/h7-8H,9H2,1-6H3,(H,16,18). The molecule has 1 saturated heterocycles. The van der Waals surface area contributed by atoms with Gasteiger partial charge in [-0.1, -0.05) is 6.07 Å². The van der Waals surface area contributed by atoms with Crippen LogP contribution in [0.2, 0.25) is 0 Å². The Morgan fingerprint density at radius 3 is 2.20 bits per heavy atom. The fourth-order valence-corrected chi connectivity index (χ4v) is 2.17. The lowest BCUT2D eigenvalue weighted by molar-refractivity contribution is 0.00578. The van der Waals surface area contributed by atoms with Crippen LogP contribution in [0.25, 0.3) is 0 Å². The van der Waals surface area contributed by atoms with Crippen LogP contribution in [-0.2, 0) is 15.9 Å². The van der Waals surface area contributed by atoms with Gasteiger partial charge in [-0.3, -0.25) is 4.79 Å². The molecule has 20 heavy (non-hydrogen) atoms. The third-order valence-electron chi connectivity index (χ3n) is 4.02. The summed E-state index contributed by atoms with van der Waals surface area (Å²) < 4.78 is 12.0. The number of hydrogen-bond acceptors (Lipinski definition) is 4. The normalized spacial score (nSPS) is 20.6. The molecule has 1 aromatic rings. The summed E-state index contributed by atoms with van der Waals surface area (Å²) in [7, 11) is 3.43. The molecule has 1 N–H and O–H groups in total. The molecular weight excluding hydrogens is 255 g/mol. The first-order chi connectivity index (χ1) is 9.12. The van der Waals surface area contributed by atoms with Crippen molar-refractivity contribution in [2.24, 2.45) is 0 Å². The lowest BCUT2D eigenvalue weighted by atomic mass is 9.80. The van der Waals surface area contributed by atoms with Crippen molar-refractivity contribution in [3.63, 3.8) is 0 Å². The van der Waals surface area contributed by atoms with Crippen LogP contribution in [0.15, 0.2) is 16.9 Å². The van der Waals surface area contributed by atoms with Crippen molar-refractivity contribution in [1.29, 1.82) is 0 Å². The lowest BCUT2D eigenvalue weighted by Gasteiger charge is -2.32. The summed E-state index contributed by atoms with van der Waals surface area (Å²) in [6.07, 6.45) is 0. The second-order valence-corrected chi connectivity index (χ2v) is 6.59. The number of pyridine rings is 1. The highest BCUT2D eigenvalue weighted by atomic mass is 16.7. The number of hydrogen-bond donors (Lipinski definition) is 1. The molecule has 0 saturated carbocycles. The van der Waals surface area contributed by atoms with Crippen molar-refractivity contribution < 1.29 is 9.31 Å². The Morgan fingerprint density at radius 1 is 1.15 bits per heavy atom. The van der Waals surface area contributed by atoms with E-state index in [1.807, 2.05) is 52.8 Å². The average molecular weight is 278 g/mol. The molecular formula is C14H23BN2O3. The van der Waals surface area contributed by atoms with Crippen LogP contribution in [0, 0.1) is 0 Å². The Labute approximate surface area is 120 Å². The zero-order valence-corrected chi connectivity index (χ0v) is 13.1. The van der Waals surface area contributed by atoms with E-state index in [0.29, 0.717) is 5.59 Å².